The van der Waals surface area contributed by atoms with Gasteiger partial charge in [-0.25, -0.2) is 0 Å². The van der Waals surface area contributed by atoms with E-state index in [1.807, 2.05) is 13.8 Å². The standard InChI is InChI=1S/C18H24ClN3O4/c1-3-9-26-17(24)10-15-18(25)20-7-8-22(15)11-16(23)21-14-6-4-5-13(19)12(14)2/h4-6,15H,3,7-11H2,1-2H3,(H,20,25)(H,21,23). The number of esters is 1. The van der Waals surface area contributed by atoms with E-state index in [1.54, 1.807) is 23.1 Å². The van der Waals surface area contributed by atoms with E-state index in [0.717, 1.165) is 5.56 Å². The summed E-state index contributed by atoms with van der Waals surface area (Å²) >= 11 is 6.06. The Morgan fingerprint density at radius 2 is 2.19 bits per heavy atom. The van der Waals surface area contributed by atoms with Gasteiger partial charge in [-0.1, -0.05) is 24.6 Å². The van der Waals surface area contributed by atoms with E-state index in [2.05, 4.69) is 10.6 Å². The first-order valence-electron chi connectivity index (χ1n) is 8.64. The monoisotopic (exact) mass is 381 g/mol. The molecule has 2 amide bonds. The van der Waals surface area contributed by atoms with Gasteiger partial charge < -0.3 is 15.4 Å². The maximum atomic E-state index is 12.4. The highest BCUT2D eigenvalue weighted by Crippen LogP contribution is 2.23. The molecular weight excluding hydrogens is 358 g/mol. The zero-order valence-electron chi connectivity index (χ0n) is 15.0. The summed E-state index contributed by atoms with van der Waals surface area (Å²) < 4.78 is 5.06. The molecular formula is C18H24ClN3O4. The van der Waals surface area contributed by atoms with Crippen molar-refractivity contribution in [2.75, 3.05) is 31.6 Å². The Labute approximate surface area is 158 Å². The number of ether oxygens (including phenoxy) is 1. The molecule has 7 nitrogen and oxygen atoms in total. The third-order valence-electron chi connectivity index (χ3n) is 4.16. The number of piperazine rings is 1. The molecule has 2 N–H and O–H groups in total. The highest BCUT2D eigenvalue weighted by Gasteiger charge is 2.33. The second-order valence-electron chi connectivity index (χ2n) is 6.16. The average molecular weight is 382 g/mol. The lowest BCUT2D eigenvalue weighted by Gasteiger charge is -2.33. The molecule has 0 saturated carbocycles. The molecule has 0 radical (unpaired) electrons. The van der Waals surface area contributed by atoms with E-state index >= 15 is 0 Å². The number of nitrogens with one attached hydrogen (secondary N) is 2. The minimum absolute atomic E-state index is 0.00506. The molecule has 1 aliphatic rings. The van der Waals surface area contributed by atoms with Gasteiger partial charge in [-0.3, -0.25) is 19.3 Å². The van der Waals surface area contributed by atoms with Gasteiger partial charge in [0.1, 0.15) is 6.04 Å². The highest BCUT2D eigenvalue weighted by molar-refractivity contribution is 6.31. The number of carbonyl (C=O) groups excluding carboxylic acids is 3. The Hall–Kier alpha value is -2.12. The number of rotatable bonds is 7. The van der Waals surface area contributed by atoms with Gasteiger partial charge in [0.2, 0.25) is 11.8 Å². The Kier molecular flexibility index (Phi) is 7.41. The van der Waals surface area contributed by atoms with Crippen LogP contribution in [0.25, 0.3) is 0 Å². The van der Waals surface area contributed by atoms with Crippen LogP contribution < -0.4 is 10.6 Å². The van der Waals surface area contributed by atoms with Crippen molar-refractivity contribution in [3.05, 3.63) is 28.8 Å². The molecule has 0 bridgehead atoms. The van der Waals surface area contributed by atoms with Crippen LogP contribution in [0.2, 0.25) is 5.02 Å². The predicted molar refractivity (Wildman–Crippen MR) is 99.1 cm³/mol. The molecule has 142 valence electrons. The van der Waals surface area contributed by atoms with Crippen LogP contribution in [-0.4, -0.2) is 55.0 Å². The van der Waals surface area contributed by atoms with Crippen molar-refractivity contribution in [3.8, 4) is 0 Å². The molecule has 2 rings (SSSR count). The topological polar surface area (TPSA) is 87.7 Å². The summed E-state index contributed by atoms with van der Waals surface area (Å²) in [6.45, 7) is 4.96. The van der Waals surface area contributed by atoms with Gasteiger partial charge >= 0.3 is 5.97 Å². The first-order chi connectivity index (χ1) is 12.4. The normalized spacial score (nSPS) is 17.5. The van der Waals surface area contributed by atoms with Crippen molar-refractivity contribution >= 4 is 35.1 Å². The largest absolute Gasteiger partial charge is 0.466 e. The molecule has 1 atom stereocenters. The molecule has 8 heteroatoms. The maximum Gasteiger partial charge on any atom is 0.307 e. The SMILES string of the molecule is CCCOC(=O)CC1C(=O)NCCN1CC(=O)Nc1cccc(Cl)c1C. The minimum Gasteiger partial charge on any atom is -0.466 e. The van der Waals surface area contributed by atoms with Crippen LogP contribution in [-0.2, 0) is 19.1 Å². The molecule has 1 aromatic rings. The first kappa shape index (κ1) is 20.2. The highest BCUT2D eigenvalue weighted by atomic mass is 35.5. The van der Waals surface area contributed by atoms with Crippen LogP contribution in [0.3, 0.4) is 0 Å². The lowest BCUT2D eigenvalue weighted by atomic mass is 10.1. The van der Waals surface area contributed by atoms with E-state index in [4.69, 9.17) is 16.3 Å². The molecule has 1 aromatic carbocycles. The molecule has 1 unspecified atom stereocenters. The van der Waals surface area contributed by atoms with Gasteiger partial charge in [0.15, 0.2) is 0 Å². The molecule has 0 aliphatic carbocycles. The van der Waals surface area contributed by atoms with E-state index < -0.39 is 12.0 Å². The molecule has 1 fully saturated rings. The number of nitrogens with zero attached hydrogens (tertiary/aromatic N) is 1. The van der Waals surface area contributed by atoms with Crippen molar-refractivity contribution in [1.29, 1.82) is 0 Å². The summed E-state index contributed by atoms with van der Waals surface area (Å²) in [5, 5.41) is 6.10. The third kappa shape index (κ3) is 5.44. The number of amides is 2. The van der Waals surface area contributed by atoms with E-state index in [1.165, 1.54) is 0 Å². The zero-order valence-corrected chi connectivity index (χ0v) is 15.8. The van der Waals surface area contributed by atoms with Crippen LogP contribution in [0.15, 0.2) is 18.2 Å². The van der Waals surface area contributed by atoms with Crippen molar-refractivity contribution in [2.24, 2.45) is 0 Å². The van der Waals surface area contributed by atoms with Crippen molar-refractivity contribution in [3.63, 3.8) is 0 Å². The van der Waals surface area contributed by atoms with E-state index in [0.29, 0.717) is 36.8 Å². The van der Waals surface area contributed by atoms with Crippen molar-refractivity contribution in [1.82, 2.24) is 10.2 Å². The fourth-order valence-corrected chi connectivity index (χ4v) is 2.90. The summed E-state index contributed by atoms with van der Waals surface area (Å²) in [6, 6.07) is 4.56. The summed E-state index contributed by atoms with van der Waals surface area (Å²) in [7, 11) is 0. The summed E-state index contributed by atoms with van der Waals surface area (Å²) in [5.41, 5.74) is 1.40. The number of hydrogen-bond donors (Lipinski definition) is 2. The predicted octanol–water partition coefficient (Wildman–Crippen LogP) is 1.73. The molecule has 1 aliphatic heterocycles. The van der Waals surface area contributed by atoms with Crippen LogP contribution in [0.5, 0.6) is 0 Å². The maximum absolute atomic E-state index is 12.4. The van der Waals surface area contributed by atoms with Gasteiger partial charge in [0.25, 0.3) is 0 Å². The van der Waals surface area contributed by atoms with Gasteiger partial charge in [-0.05, 0) is 31.0 Å². The van der Waals surface area contributed by atoms with E-state index in [-0.39, 0.29) is 24.8 Å². The summed E-state index contributed by atoms with van der Waals surface area (Å²) in [5.74, 6) is -0.974. The molecule has 0 aromatic heterocycles. The first-order valence-corrected chi connectivity index (χ1v) is 9.02. The number of carbonyl (C=O) groups is 3. The zero-order chi connectivity index (χ0) is 19.1. The van der Waals surface area contributed by atoms with Gasteiger partial charge in [0.05, 0.1) is 19.6 Å². The lowest BCUT2D eigenvalue weighted by molar-refractivity contribution is -0.148. The fourth-order valence-electron chi connectivity index (χ4n) is 2.72. The second-order valence-corrected chi connectivity index (χ2v) is 6.57. The van der Waals surface area contributed by atoms with Crippen molar-refractivity contribution in [2.45, 2.75) is 32.7 Å². The molecule has 0 spiro atoms. The quantitative estimate of drug-likeness (QED) is 0.702. The lowest BCUT2D eigenvalue weighted by Crippen LogP contribution is -2.57. The smallest absolute Gasteiger partial charge is 0.307 e. The number of benzene rings is 1. The van der Waals surface area contributed by atoms with Crippen molar-refractivity contribution < 1.29 is 19.1 Å². The Bertz CT molecular complexity index is 680. The fraction of sp³-hybridized carbons (Fsp3) is 0.500. The van der Waals surface area contributed by atoms with Gasteiger partial charge in [0, 0.05) is 23.8 Å². The average Bonchev–Trinajstić information content (AvgIpc) is 2.60. The molecule has 1 heterocycles. The Morgan fingerprint density at radius 1 is 1.42 bits per heavy atom. The minimum atomic E-state index is -0.709. The number of hydrogen-bond acceptors (Lipinski definition) is 5. The summed E-state index contributed by atoms with van der Waals surface area (Å²) in [4.78, 5) is 38.1. The van der Waals surface area contributed by atoms with Crippen LogP contribution in [0.4, 0.5) is 5.69 Å². The number of halogens is 1. The number of anilines is 1. The Balaban J connectivity index is 2.00. The second kappa shape index (κ2) is 9.54. The van der Waals surface area contributed by atoms with Crippen LogP contribution in [0, 0.1) is 6.92 Å². The van der Waals surface area contributed by atoms with Gasteiger partial charge in [-0.2, -0.15) is 0 Å². The molecule has 26 heavy (non-hydrogen) atoms. The summed E-state index contributed by atoms with van der Waals surface area (Å²) in [6.07, 6.45) is 0.642. The third-order valence-corrected chi connectivity index (χ3v) is 4.57. The Morgan fingerprint density at radius 3 is 2.92 bits per heavy atom. The van der Waals surface area contributed by atoms with Crippen LogP contribution in [0.1, 0.15) is 25.3 Å². The van der Waals surface area contributed by atoms with Gasteiger partial charge in [-0.15, -0.1) is 0 Å². The van der Waals surface area contributed by atoms with Crippen LogP contribution >= 0.6 is 11.6 Å². The molecule has 1 saturated heterocycles. The van der Waals surface area contributed by atoms with E-state index in [9.17, 15) is 14.4 Å².